The Morgan fingerprint density at radius 1 is 1.32 bits per heavy atom. The fourth-order valence-electron chi connectivity index (χ4n) is 2.49. The molecule has 0 aromatic rings. The van der Waals surface area contributed by atoms with Crippen molar-refractivity contribution in [1.29, 1.82) is 0 Å². The summed E-state index contributed by atoms with van der Waals surface area (Å²) in [5.41, 5.74) is 0. The summed E-state index contributed by atoms with van der Waals surface area (Å²) in [6.45, 7) is 4.16. The minimum absolute atomic E-state index is 0.0966. The average molecular weight is 271 g/mol. The standard InChI is InChI=1S/C14H29N3O2/c1-17-11-4-3-5-13(17)6-8-15-9-7-14(18)16-10-12-19-2/h13,15H,3-12H2,1-2H3,(H,16,18). The van der Waals surface area contributed by atoms with E-state index in [-0.39, 0.29) is 5.91 Å². The Hall–Kier alpha value is -0.650. The molecule has 1 aliphatic rings. The molecule has 1 aliphatic heterocycles. The van der Waals surface area contributed by atoms with E-state index in [1.807, 2.05) is 0 Å². The summed E-state index contributed by atoms with van der Waals surface area (Å²) in [4.78, 5) is 13.9. The van der Waals surface area contributed by atoms with Gasteiger partial charge in [-0.2, -0.15) is 0 Å². The number of hydrogen-bond donors (Lipinski definition) is 2. The van der Waals surface area contributed by atoms with E-state index in [0.717, 1.165) is 19.1 Å². The molecule has 1 rings (SSSR count). The Balaban J connectivity index is 1.94. The molecule has 1 amide bonds. The van der Waals surface area contributed by atoms with Gasteiger partial charge in [0.2, 0.25) is 5.91 Å². The molecule has 0 spiro atoms. The second-order valence-corrected chi connectivity index (χ2v) is 5.26. The first-order valence-corrected chi connectivity index (χ1v) is 7.40. The molecule has 112 valence electrons. The van der Waals surface area contributed by atoms with E-state index in [0.29, 0.717) is 19.6 Å². The molecule has 5 heteroatoms. The summed E-state index contributed by atoms with van der Waals surface area (Å²) < 4.78 is 4.88. The summed E-state index contributed by atoms with van der Waals surface area (Å²) >= 11 is 0. The van der Waals surface area contributed by atoms with Crippen LogP contribution < -0.4 is 10.6 Å². The highest BCUT2D eigenvalue weighted by atomic mass is 16.5. The van der Waals surface area contributed by atoms with Crippen LogP contribution in [0.25, 0.3) is 0 Å². The molecule has 1 fully saturated rings. The minimum Gasteiger partial charge on any atom is -0.383 e. The Kier molecular flexibility index (Phi) is 8.79. The van der Waals surface area contributed by atoms with Gasteiger partial charge in [-0.15, -0.1) is 0 Å². The fourth-order valence-corrected chi connectivity index (χ4v) is 2.49. The summed E-state index contributed by atoms with van der Waals surface area (Å²) in [5.74, 6) is 0.0966. The topological polar surface area (TPSA) is 53.6 Å². The quantitative estimate of drug-likeness (QED) is 0.603. The summed E-state index contributed by atoms with van der Waals surface area (Å²) in [7, 11) is 3.85. The van der Waals surface area contributed by atoms with Crippen LogP contribution in [0.5, 0.6) is 0 Å². The van der Waals surface area contributed by atoms with Gasteiger partial charge >= 0.3 is 0 Å². The predicted octanol–water partition coefficient (Wildman–Crippen LogP) is 0.603. The number of rotatable bonds is 9. The average Bonchev–Trinajstić information content (AvgIpc) is 2.41. The lowest BCUT2D eigenvalue weighted by Crippen LogP contribution is -2.38. The highest BCUT2D eigenvalue weighted by Gasteiger charge is 2.17. The van der Waals surface area contributed by atoms with Crippen molar-refractivity contribution in [2.45, 2.75) is 38.1 Å². The SMILES string of the molecule is COCCNC(=O)CCNCCC1CCCCN1C. The zero-order chi connectivity index (χ0) is 13.9. The van der Waals surface area contributed by atoms with Crippen LogP contribution >= 0.6 is 0 Å². The lowest BCUT2D eigenvalue weighted by Gasteiger charge is -2.32. The van der Waals surface area contributed by atoms with Crippen molar-refractivity contribution in [3.63, 3.8) is 0 Å². The van der Waals surface area contributed by atoms with E-state index in [1.54, 1.807) is 7.11 Å². The Morgan fingerprint density at radius 2 is 2.16 bits per heavy atom. The molecule has 0 saturated carbocycles. The van der Waals surface area contributed by atoms with Gasteiger partial charge in [-0.1, -0.05) is 6.42 Å². The van der Waals surface area contributed by atoms with Crippen LogP contribution in [0, 0.1) is 0 Å². The lowest BCUT2D eigenvalue weighted by molar-refractivity contribution is -0.121. The number of likely N-dealkylation sites (tertiary alicyclic amines) is 1. The molecule has 1 heterocycles. The zero-order valence-corrected chi connectivity index (χ0v) is 12.4. The first-order valence-electron chi connectivity index (χ1n) is 7.40. The van der Waals surface area contributed by atoms with Crippen molar-refractivity contribution < 1.29 is 9.53 Å². The molecule has 1 atom stereocenters. The van der Waals surface area contributed by atoms with Gasteiger partial charge in [-0.25, -0.2) is 0 Å². The Bertz CT molecular complexity index is 249. The zero-order valence-electron chi connectivity index (χ0n) is 12.4. The maximum atomic E-state index is 11.4. The monoisotopic (exact) mass is 271 g/mol. The normalized spacial score (nSPS) is 20.4. The number of ether oxygens (including phenoxy) is 1. The van der Waals surface area contributed by atoms with E-state index < -0.39 is 0 Å². The van der Waals surface area contributed by atoms with Crippen molar-refractivity contribution in [3.05, 3.63) is 0 Å². The second-order valence-electron chi connectivity index (χ2n) is 5.26. The van der Waals surface area contributed by atoms with Gasteiger partial charge in [0.15, 0.2) is 0 Å². The first-order chi connectivity index (χ1) is 9.24. The van der Waals surface area contributed by atoms with Crippen molar-refractivity contribution >= 4 is 5.91 Å². The van der Waals surface area contributed by atoms with Crippen LogP contribution in [0.4, 0.5) is 0 Å². The van der Waals surface area contributed by atoms with E-state index in [1.165, 1.54) is 32.2 Å². The number of nitrogens with one attached hydrogen (secondary N) is 2. The molecule has 0 aliphatic carbocycles. The van der Waals surface area contributed by atoms with E-state index in [2.05, 4.69) is 22.6 Å². The first kappa shape index (κ1) is 16.4. The largest absolute Gasteiger partial charge is 0.383 e. The van der Waals surface area contributed by atoms with Crippen LogP contribution in [0.3, 0.4) is 0 Å². The van der Waals surface area contributed by atoms with Gasteiger partial charge in [0.25, 0.3) is 0 Å². The van der Waals surface area contributed by atoms with E-state index in [4.69, 9.17) is 4.74 Å². The number of hydrogen-bond acceptors (Lipinski definition) is 4. The molecule has 1 unspecified atom stereocenters. The highest BCUT2D eigenvalue weighted by molar-refractivity contribution is 5.75. The third-order valence-electron chi connectivity index (χ3n) is 3.73. The molecule has 0 bridgehead atoms. The minimum atomic E-state index is 0.0966. The molecular weight excluding hydrogens is 242 g/mol. The summed E-state index contributed by atoms with van der Waals surface area (Å²) in [6.07, 6.45) is 5.74. The number of carbonyl (C=O) groups is 1. The van der Waals surface area contributed by atoms with Crippen molar-refractivity contribution in [1.82, 2.24) is 15.5 Å². The smallest absolute Gasteiger partial charge is 0.221 e. The highest BCUT2D eigenvalue weighted by Crippen LogP contribution is 2.16. The molecular formula is C14H29N3O2. The van der Waals surface area contributed by atoms with Gasteiger partial charge in [-0.05, 0) is 39.4 Å². The Morgan fingerprint density at radius 3 is 2.89 bits per heavy atom. The predicted molar refractivity (Wildman–Crippen MR) is 77.3 cm³/mol. The maximum absolute atomic E-state index is 11.4. The van der Waals surface area contributed by atoms with Crippen molar-refractivity contribution in [2.75, 3.05) is 46.9 Å². The summed E-state index contributed by atoms with van der Waals surface area (Å²) in [6, 6.07) is 0.719. The van der Waals surface area contributed by atoms with E-state index in [9.17, 15) is 4.79 Å². The number of piperidine rings is 1. The number of carbonyl (C=O) groups excluding carboxylic acids is 1. The van der Waals surface area contributed by atoms with Gasteiger partial charge in [0, 0.05) is 32.7 Å². The summed E-state index contributed by atoms with van der Waals surface area (Å²) in [5, 5.41) is 6.17. The van der Waals surface area contributed by atoms with Crippen LogP contribution in [0.1, 0.15) is 32.1 Å². The molecule has 19 heavy (non-hydrogen) atoms. The van der Waals surface area contributed by atoms with Gasteiger partial charge in [0.1, 0.15) is 0 Å². The lowest BCUT2D eigenvalue weighted by atomic mass is 10.0. The maximum Gasteiger partial charge on any atom is 0.221 e. The third kappa shape index (κ3) is 7.50. The van der Waals surface area contributed by atoms with Crippen LogP contribution in [-0.2, 0) is 9.53 Å². The van der Waals surface area contributed by atoms with Gasteiger partial charge in [0.05, 0.1) is 6.61 Å². The fraction of sp³-hybridized carbons (Fsp3) is 0.929. The Labute approximate surface area is 117 Å². The van der Waals surface area contributed by atoms with Crippen LogP contribution in [0.2, 0.25) is 0 Å². The number of amides is 1. The van der Waals surface area contributed by atoms with Crippen LogP contribution in [0.15, 0.2) is 0 Å². The van der Waals surface area contributed by atoms with Gasteiger partial charge in [-0.3, -0.25) is 4.79 Å². The molecule has 1 saturated heterocycles. The molecule has 0 aromatic carbocycles. The number of nitrogens with zero attached hydrogens (tertiary/aromatic N) is 1. The van der Waals surface area contributed by atoms with Gasteiger partial charge < -0.3 is 20.3 Å². The second kappa shape index (κ2) is 10.2. The third-order valence-corrected chi connectivity index (χ3v) is 3.73. The van der Waals surface area contributed by atoms with Crippen molar-refractivity contribution in [3.8, 4) is 0 Å². The molecule has 5 nitrogen and oxygen atoms in total. The molecule has 0 aromatic heterocycles. The van der Waals surface area contributed by atoms with E-state index >= 15 is 0 Å². The van der Waals surface area contributed by atoms with Crippen LogP contribution in [-0.4, -0.2) is 63.8 Å². The van der Waals surface area contributed by atoms with Crippen molar-refractivity contribution in [2.24, 2.45) is 0 Å². The number of methoxy groups -OCH3 is 1. The molecule has 0 radical (unpaired) electrons. The molecule has 2 N–H and O–H groups in total.